The third-order valence-electron chi connectivity index (χ3n) is 5.10. The molecule has 2 aromatic heterocycles. The van der Waals surface area contributed by atoms with E-state index in [0.717, 1.165) is 42.6 Å². The molecule has 28 heavy (non-hydrogen) atoms. The molecule has 0 spiro atoms. The normalized spacial score (nSPS) is 15.9. The summed E-state index contributed by atoms with van der Waals surface area (Å²) in [4.78, 5) is 2.02. The number of nitrogens with zero attached hydrogens (tertiary/aromatic N) is 5. The van der Waals surface area contributed by atoms with E-state index in [0.29, 0.717) is 11.7 Å². The van der Waals surface area contributed by atoms with Crippen molar-refractivity contribution in [2.75, 3.05) is 25.1 Å². The Morgan fingerprint density at radius 1 is 1.11 bits per heavy atom. The Labute approximate surface area is 159 Å². The predicted molar refractivity (Wildman–Crippen MR) is 97.4 cm³/mol. The number of hydrogen-bond donors (Lipinski definition) is 0. The minimum atomic E-state index is -4.59. The van der Waals surface area contributed by atoms with Gasteiger partial charge in [0.05, 0.1) is 7.11 Å². The van der Waals surface area contributed by atoms with Crippen molar-refractivity contribution in [2.24, 2.45) is 5.92 Å². The Bertz CT molecular complexity index is 964. The number of aromatic nitrogens is 4. The van der Waals surface area contributed by atoms with Crippen molar-refractivity contribution in [1.29, 1.82) is 0 Å². The first-order valence-electron chi connectivity index (χ1n) is 9.11. The fraction of sp³-hybridized carbons (Fsp3) is 0.421. The van der Waals surface area contributed by atoms with Gasteiger partial charge in [-0.05, 0) is 55.0 Å². The van der Waals surface area contributed by atoms with Crippen LogP contribution in [0.1, 0.15) is 24.2 Å². The van der Waals surface area contributed by atoms with Crippen LogP contribution >= 0.6 is 0 Å². The van der Waals surface area contributed by atoms with Gasteiger partial charge in [0.15, 0.2) is 5.65 Å². The number of piperidine rings is 1. The number of hydrogen-bond acceptors (Lipinski definition) is 5. The van der Waals surface area contributed by atoms with E-state index in [4.69, 9.17) is 4.74 Å². The van der Waals surface area contributed by atoms with E-state index < -0.39 is 12.0 Å². The van der Waals surface area contributed by atoms with Gasteiger partial charge in [0.2, 0.25) is 0 Å². The molecular formula is C19H20F3N5O. The molecule has 0 bridgehead atoms. The van der Waals surface area contributed by atoms with Gasteiger partial charge in [-0.2, -0.15) is 17.7 Å². The van der Waals surface area contributed by atoms with Gasteiger partial charge in [-0.15, -0.1) is 15.3 Å². The van der Waals surface area contributed by atoms with Gasteiger partial charge < -0.3 is 9.64 Å². The van der Waals surface area contributed by atoms with E-state index in [9.17, 15) is 13.2 Å². The van der Waals surface area contributed by atoms with Crippen molar-refractivity contribution in [3.8, 4) is 5.75 Å². The molecule has 1 aromatic carbocycles. The first-order chi connectivity index (χ1) is 13.4. The second kappa shape index (κ2) is 7.29. The Kier molecular flexibility index (Phi) is 4.82. The van der Waals surface area contributed by atoms with Crippen molar-refractivity contribution in [2.45, 2.75) is 25.4 Å². The van der Waals surface area contributed by atoms with Gasteiger partial charge in [-0.3, -0.25) is 0 Å². The molecule has 1 saturated heterocycles. The van der Waals surface area contributed by atoms with Crippen LogP contribution in [-0.2, 0) is 12.6 Å². The van der Waals surface area contributed by atoms with Crippen LogP contribution in [-0.4, -0.2) is 40.0 Å². The number of benzene rings is 1. The van der Waals surface area contributed by atoms with E-state index in [-0.39, 0.29) is 5.65 Å². The smallest absolute Gasteiger partial charge is 0.453 e. The third kappa shape index (κ3) is 3.74. The average Bonchev–Trinajstić information content (AvgIpc) is 3.12. The van der Waals surface area contributed by atoms with Crippen LogP contribution in [0, 0.1) is 5.92 Å². The minimum Gasteiger partial charge on any atom is -0.497 e. The van der Waals surface area contributed by atoms with Crippen molar-refractivity contribution >= 4 is 11.5 Å². The number of ether oxygens (including phenoxy) is 1. The van der Waals surface area contributed by atoms with E-state index in [2.05, 4.69) is 21.4 Å². The van der Waals surface area contributed by atoms with Gasteiger partial charge in [0, 0.05) is 13.1 Å². The molecule has 3 heterocycles. The van der Waals surface area contributed by atoms with Crippen molar-refractivity contribution in [1.82, 2.24) is 19.8 Å². The highest BCUT2D eigenvalue weighted by Crippen LogP contribution is 2.29. The number of methoxy groups -OCH3 is 1. The summed E-state index contributed by atoms with van der Waals surface area (Å²) in [7, 11) is 1.65. The molecule has 9 heteroatoms. The first-order valence-corrected chi connectivity index (χ1v) is 9.11. The van der Waals surface area contributed by atoms with Gasteiger partial charge in [-0.1, -0.05) is 12.1 Å². The van der Waals surface area contributed by atoms with Gasteiger partial charge in [-0.25, -0.2) is 0 Å². The number of halogens is 3. The van der Waals surface area contributed by atoms with Gasteiger partial charge in [0.1, 0.15) is 11.6 Å². The van der Waals surface area contributed by atoms with Crippen molar-refractivity contribution < 1.29 is 17.9 Å². The van der Waals surface area contributed by atoms with E-state index in [1.807, 2.05) is 23.1 Å². The molecule has 0 aliphatic carbocycles. The lowest BCUT2D eigenvalue weighted by atomic mass is 9.90. The molecule has 0 amide bonds. The second-order valence-electron chi connectivity index (χ2n) is 6.97. The maximum absolute atomic E-state index is 13.1. The summed E-state index contributed by atoms with van der Waals surface area (Å²) >= 11 is 0. The highest BCUT2D eigenvalue weighted by Gasteiger charge is 2.37. The zero-order valence-electron chi connectivity index (χ0n) is 15.4. The van der Waals surface area contributed by atoms with Crippen LogP contribution in [0.5, 0.6) is 5.75 Å². The summed E-state index contributed by atoms with van der Waals surface area (Å²) < 4.78 is 45.2. The average molecular weight is 391 g/mol. The molecule has 1 aliphatic heterocycles. The summed E-state index contributed by atoms with van der Waals surface area (Å²) in [5, 5.41) is 10.9. The number of anilines is 1. The Morgan fingerprint density at radius 2 is 1.89 bits per heavy atom. The summed E-state index contributed by atoms with van der Waals surface area (Å²) in [6, 6.07) is 11.3. The topological polar surface area (TPSA) is 55.5 Å². The van der Waals surface area contributed by atoms with Crippen molar-refractivity contribution in [3.05, 3.63) is 47.8 Å². The monoisotopic (exact) mass is 391 g/mol. The molecule has 0 N–H and O–H groups in total. The third-order valence-corrected chi connectivity index (χ3v) is 5.10. The molecule has 4 rings (SSSR count). The Morgan fingerprint density at radius 3 is 2.61 bits per heavy atom. The number of rotatable bonds is 4. The molecule has 3 aromatic rings. The quantitative estimate of drug-likeness (QED) is 0.680. The minimum absolute atomic E-state index is 0.0870. The molecule has 0 radical (unpaired) electrons. The van der Waals surface area contributed by atoms with Crippen LogP contribution < -0.4 is 9.64 Å². The number of alkyl halides is 3. The summed E-state index contributed by atoms with van der Waals surface area (Å²) in [6.45, 7) is 1.49. The lowest BCUT2D eigenvalue weighted by Gasteiger charge is -2.32. The predicted octanol–water partition coefficient (Wildman–Crippen LogP) is 3.61. The molecule has 1 aliphatic rings. The lowest BCUT2D eigenvalue weighted by molar-refractivity contribution is -0.146. The number of fused-ring (bicyclic) bond motifs is 1. The molecule has 0 unspecified atom stereocenters. The second-order valence-corrected chi connectivity index (χ2v) is 6.97. The van der Waals surface area contributed by atoms with E-state index in [1.165, 1.54) is 11.6 Å². The van der Waals surface area contributed by atoms with E-state index >= 15 is 0 Å². The fourth-order valence-electron chi connectivity index (χ4n) is 3.62. The maximum Gasteiger partial charge on any atom is 0.453 e. The molecule has 1 fully saturated rings. The first kappa shape index (κ1) is 18.5. The van der Waals surface area contributed by atoms with Gasteiger partial charge >= 0.3 is 6.18 Å². The fourth-order valence-corrected chi connectivity index (χ4v) is 3.62. The standard InChI is InChI=1S/C19H20F3N5O/c1-28-15-4-2-3-14(12-15)11-13-7-9-26(10-8-13)17-6-5-16-23-24-18(19(20,21)22)27(16)25-17/h2-6,12-13H,7-11H2,1H3. The zero-order valence-corrected chi connectivity index (χ0v) is 15.4. The van der Waals surface area contributed by atoms with Crippen LogP contribution in [0.3, 0.4) is 0 Å². The maximum atomic E-state index is 13.1. The van der Waals surface area contributed by atoms with E-state index in [1.54, 1.807) is 13.2 Å². The summed E-state index contributed by atoms with van der Waals surface area (Å²) in [5.74, 6) is 0.782. The van der Waals surface area contributed by atoms with Crippen LogP contribution in [0.25, 0.3) is 5.65 Å². The zero-order chi connectivity index (χ0) is 19.7. The SMILES string of the molecule is COc1cccc(CC2CCN(c3ccc4nnc(C(F)(F)F)n4n3)CC2)c1. The van der Waals surface area contributed by atoms with Crippen LogP contribution in [0.4, 0.5) is 19.0 Å². The summed E-state index contributed by atoms with van der Waals surface area (Å²) in [5.41, 5.74) is 1.32. The molecular weight excluding hydrogens is 371 g/mol. The molecule has 0 atom stereocenters. The molecule has 148 valence electrons. The molecule has 6 nitrogen and oxygen atoms in total. The highest BCUT2D eigenvalue weighted by molar-refractivity contribution is 5.46. The largest absolute Gasteiger partial charge is 0.497 e. The lowest BCUT2D eigenvalue weighted by Crippen LogP contribution is -2.35. The van der Waals surface area contributed by atoms with Crippen molar-refractivity contribution in [3.63, 3.8) is 0 Å². The Hall–Kier alpha value is -2.84. The van der Waals surface area contributed by atoms with Gasteiger partial charge in [0.25, 0.3) is 5.82 Å². The van der Waals surface area contributed by atoms with Crippen LogP contribution in [0.2, 0.25) is 0 Å². The Balaban J connectivity index is 1.44. The van der Waals surface area contributed by atoms with Crippen LogP contribution in [0.15, 0.2) is 36.4 Å². The highest BCUT2D eigenvalue weighted by atomic mass is 19.4. The summed E-state index contributed by atoms with van der Waals surface area (Å²) in [6.07, 6.45) is -1.73. The molecule has 0 saturated carbocycles.